The minimum absolute atomic E-state index is 0.751. The van der Waals surface area contributed by atoms with Crippen molar-refractivity contribution in [3.63, 3.8) is 0 Å². The molecule has 1 nitrogen and oxygen atoms in total. The van der Waals surface area contributed by atoms with E-state index in [0.717, 1.165) is 30.4 Å². The van der Waals surface area contributed by atoms with Crippen molar-refractivity contribution < 1.29 is 5.11 Å². The molecule has 1 heteroatoms. The molecule has 0 saturated heterocycles. The molecule has 0 bridgehead atoms. The predicted molar refractivity (Wildman–Crippen MR) is 71.5 cm³/mol. The maximum Gasteiger partial charge on any atom is 0.143 e. The Balaban J connectivity index is 2.68. The van der Waals surface area contributed by atoms with Crippen molar-refractivity contribution in [3.05, 3.63) is 53.8 Å². The summed E-state index contributed by atoms with van der Waals surface area (Å²) in [6.45, 7) is 5.71. The van der Waals surface area contributed by atoms with Gasteiger partial charge in [-0.25, -0.2) is 0 Å². The fourth-order valence-corrected chi connectivity index (χ4v) is 1.45. The molecule has 88 valence electrons. The van der Waals surface area contributed by atoms with Crippen LogP contribution in [0.15, 0.2) is 48.2 Å². The standard InChI is InChI=1S/C16H18O/c1-3-5-11-15(4-2)16(17)13-12-14-9-7-6-8-10-14/h6-10,16-17H,2-3,5,11H2,1H3. The zero-order valence-electron chi connectivity index (χ0n) is 10.2. The maximum absolute atomic E-state index is 9.88. The monoisotopic (exact) mass is 226 g/mol. The van der Waals surface area contributed by atoms with Crippen LogP contribution >= 0.6 is 0 Å². The molecule has 0 heterocycles. The third kappa shape index (κ3) is 4.74. The molecule has 0 amide bonds. The Morgan fingerprint density at radius 2 is 2.06 bits per heavy atom. The maximum atomic E-state index is 9.88. The zero-order chi connectivity index (χ0) is 12.5. The average molecular weight is 226 g/mol. The van der Waals surface area contributed by atoms with Gasteiger partial charge in [0.1, 0.15) is 6.10 Å². The highest BCUT2D eigenvalue weighted by Crippen LogP contribution is 2.10. The van der Waals surface area contributed by atoms with Gasteiger partial charge in [0.05, 0.1) is 0 Å². The molecule has 1 rings (SSSR count). The number of aliphatic hydroxyl groups excluding tert-OH is 1. The molecule has 0 saturated carbocycles. The van der Waals surface area contributed by atoms with Gasteiger partial charge in [-0.1, -0.05) is 50.0 Å². The first-order valence-electron chi connectivity index (χ1n) is 5.91. The fraction of sp³-hybridized carbons (Fsp3) is 0.312. The molecule has 17 heavy (non-hydrogen) atoms. The first-order valence-corrected chi connectivity index (χ1v) is 5.91. The van der Waals surface area contributed by atoms with Crippen LogP contribution in [-0.4, -0.2) is 11.2 Å². The van der Waals surface area contributed by atoms with Crippen LogP contribution in [0.1, 0.15) is 31.7 Å². The van der Waals surface area contributed by atoms with Crippen molar-refractivity contribution in [2.75, 3.05) is 0 Å². The van der Waals surface area contributed by atoms with Gasteiger partial charge in [0.2, 0.25) is 0 Å². The third-order valence-electron chi connectivity index (χ3n) is 2.48. The smallest absolute Gasteiger partial charge is 0.143 e. The van der Waals surface area contributed by atoms with E-state index in [1.165, 1.54) is 0 Å². The Morgan fingerprint density at radius 3 is 2.65 bits per heavy atom. The van der Waals surface area contributed by atoms with E-state index in [0.29, 0.717) is 0 Å². The van der Waals surface area contributed by atoms with Crippen molar-refractivity contribution in [1.29, 1.82) is 0 Å². The van der Waals surface area contributed by atoms with Gasteiger partial charge in [-0.3, -0.25) is 0 Å². The normalized spacial score (nSPS) is 10.9. The molecule has 1 atom stereocenters. The Bertz CT molecular complexity index is 441. The summed E-state index contributed by atoms with van der Waals surface area (Å²) in [5.74, 6) is 5.77. The first-order chi connectivity index (χ1) is 8.27. The number of unbranched alkanes of at least 4 members (excludes halogenated alkanes) is 1. The SMILES string of the molecule is C=C=C(CCCC)C(O)C#Cc1ccccc1. The summed E-state index contributed by atoms with van der Waals surface area (Å²) in [5, 5.41) is 9.88. The van der Waals surface area contributed by atoms with Crippen LogP contribution in [0.4, 0.5) is 0 Å². The molecule has 0 aliphatic carbocycles. The highest BCUT2D eigenvalue weighted by molar-refractivity contribution is 5.36. The lowest BCUT2D eigenvalue weighted by Gasteiger charge is -2.05. The van der Waals surface area contributed by atoms with Crippen molar-refractivity contribution in [1.82, 2.24) is 0 Å². The van der Waals surface area contributed by atoms with Crippen LogP contribution in [0.3, 0.4) is 0 Å². The Morgan fingerprint density at radius 1 is 1.35 bits per heavy atom. The molecule has 1 aromatic carbocycles. The minimum Gasteiger partial charge on any atom is -0.376 e. The van der Waals surface area contributed by atoms with Crippen LogP contribution in [0.25, 0.3) is 0 Å². The highest BCUT2D eigenvalue weighted by Gasteiger charge is 2.05. The summed E-state index contributed by atoms with van der Waals surface area (Å²) >= 11 is 0. The molecular formula is C16H18O. The van der Waals surface area contributed by atoms with E-state index in [1.807, 2.05) is 30.3 Å². The van der Waals surface area contributed by atoms with Crippen LogP contribution in [0, 0.1) is 11.8 Å². The van der Waals surface area contributed by atoms with E-state index in [4.69, 9.17) is 0 Å². The van der Waals surface area contributed by atoms with Crippen molar-refractivity contribution in [2.24, 2.45) is 0 Å². The zero-order valence-corrected chi connectivity index (χ0v) is 10.2. The van der Waals surface area contributed by atoms with Crippen LogP contribution in [-0.2, 0) is 0 Å². The molecule has 0 fully saturated rings. The third-order valence-corrected chi connectivity index (χ3v) is 2.48. The van der Waals surface area contributed by atoms with Gasteiger partial charge in [-0.2, -0.15) is 0 Å². The van der Waals surface area contributed by atoms with Gasteiger partial charge in [-0.05, 0) is 25.0 Å². The lowest BCUT2D eigenvalue weighted by molar-refractivity contribution is 0.263. The number of hydrogen-bond donors (Lipinski definition) is 1. The molecule has 0 aliphatic heterocycles. The fourth-order valence-electron chi connectivity index (χ4n) is 1.45. The average Bonchev–Trinajstić information content (AvgIpc) is 2.38. The van der Waals surface area contributed by atoms with Crippen LogP contribution in [0.5, 0.6) is 0 Å². The van der Waals surface area contributed by atoms with E-state index in [9.17, 15) is 5.11 Å². The molecule has 0 aromatic heterocycles. The topological polar surface area (TPSA) is 20.2 Å². The molecule has 0 aliphatic rings. The van der Waals surface area contributed by atoms with E-state index in [1.54, 1.807) is 0 Å². The van der Waals surface area contributed by atoms with E-state index >= 15 is 0 Å². The number of rotatable bonds is 4. The summed E-state index contributed by atoms with van der Waals surface area (Å²) in [4.78, 5) is 0. The largest absolute Gasteiger partial charge is 0.376 e. The second kappa shape index (κ2) is 7.52. The summed E-state index contributed by atoms with van der Waals surface area (Å²) in [6, 6.07) is 9.64. The van der Waals surface area contributed by atoms with Gasteiger partial charge in [0.25, 0.3) is 0 Å². The second-order valence-electron chi connectivity index (χ2n) is 3.84. The van der Waals surface area contributed by atoms with Crippen molar-refractivity contribution in [3.8, 4) is 11.8 Å². The number of benzene rings is 1. The lowest BCUT2D eigenvalue weighted by Crippen LogP contribution is -2.06. The Kier molecular flexibility index (Phi) is 5.89. The quantitative estimate of drug-likeness (QED) is 0.617. The minimum atomic E-state index is -0.751. The Labute approximate surface area is 103 Å². The van der Waals surface area contributed by atoms with Crippen molar-refractivity contribution in [2.45, 2.75) is 32.3 Å². The van der Waals surface area contributed by atoms with E-state index < -0.39 is 6.10 Å². The van der Waals surface area contributed by atoms with Gasteiger partial charge in [-0.15, -0.1) is 5.73 Å². The van der Waals surface area contributed by atoms with Crippen LogP contribution < -0.4 is 0 Å². The molecule has 0 spiro atoms. The van der Waals surface area contributed by atoms with E-state index in [-0.39, 0.29) is 0 Å². The number of aliphatic hydroxyl groups is 1. The van der Waals surface area contributed by atoms with Gasteiger partial charge in [0.15, 0.2) is 0 Å². The summed E-state index contributed by atoms with van der Waals surface area (Å²) in [7, 11) is 0. The van der Waals surface area contributed by atoms with Gasteiger partial charge < -0.3 is 5.11 Å². The predicted octanol–water partition coefficient (Wildman–Crippen LogP) is 3.30. The van der Waals surface area contributed by atoms with E-state index in [2.05, 4.69) is 31.1 Å². The number of hydrogen-bond acceptors (Lipinski definition) is 1. The summed E-state index contributed by atoms with van der Waals surface area (Å²) in [6.07, 6.45) is 2.18. The molecule has 1 unspecified atom stereocenters. The van der Waals surface area contributed by atoms with Gasteiger partial charge in [0, 0.05) is 11.1 Å². The summed E-state index contributed by atoms with van der Waals surface area (Å²) in [5.41, 5.74) is 4.48. The first kappa shape index (κ1) is 13.3. The molecule has 1 N–H and O–H groups in total. The Hall–Kier alpha value is -1.74. The molecular weight excluding hydrogens is 208 g/mol. The summed E-state index contributed by atoms with van der Waals surface area (Å²) < 4.78 is 0. The highest BCUT2D eigenvalue weighted by atomic mass is 16.3. The second-order valence-corrected chi connectivity index (χ2v) is 3.84. The van der Waals surface area contributed by atoms with Gasteiger partial charge >= 0.3 is 0 Å². The van der Waals surface area contributed by atoms with Crippen LogP contribution in [0.2, 0.25) is 0 Å². The molecule has 0 radical (unpaired) electrons. The van der Waals surface area contributed by atoms with Crippen molar-refractivity contribution >= 4 is 0 Å². The molecule has 1 aromatic rings. The lowest BCUT2D eigenvalue weighted by atomic mass is 10.0.